The Kier molecular flexibility index (Phi) is 5.50. The molecule has 1 amide bonds. The lowest BCUT2D eigenvalue weighted by atomic mass is 10.2. The first kappa shape index (κ1) is 17.2. The van der Waals surface area contributed by atoms with Gasteiger partial charge in [-0.05, 0) is 42.5 Å². The number of carbonyl (C=O) groups is 1. The van der Waals surface area contributed by atoms with Gasteiger partial charge in [-0.15, -0.1) is 0 Å². The Morgan fingerprint density at radius 1 is 1.08 bits per heavy atom. The minimum atomic E-state index is -0.210. The van der Waals surface area contributed by atoms with Crippen LogP contribution < -0.4 is 16.0 Å². The molecule has 25 heavy (non-hydrogen) atoms. The van der Waals surface area contributed by atoms with Crippen LogP contribution in [0.5, 0.6) is 0 Å². The predicted molar refractivity (Wildman–Crippen MR) is 98.2 cm³/mol. The van der Waals surface area contributed by atoms with Gasteiger partial charge < -0.3 is 16.0 Å². The highest BCUT2D eigenvalue weighted by Gasteiger charge is 2.17. The fraction of sp³-hybridized carbons (Fsp3) is 0.316. The van der Waals surface area contributed by atoms with Gasteiger partial charge in [0.25, 0.3) is 5.91 Å². The molecule has 132 valence electrons. The number of benzene rings is 2. The van der Waals surface area contributed by atoms with Gasteiger partial charge in [-0.25, -0.2) is 4.39 Å². The van der Waals surface area contributed by atoms with E-state index >= 15 is 0 Å². The molecule has 3 N–H and O–H groups in total. The van der Waals surface area contributed by atoms with Gasteiger partial charge >= 0.3 is 0 Å². The van der Waals surface area contributed by atoms with Gasteiger partial charge in [-0.1, -0.05) is 6.07 Å². The van der Waals surface area contributed by atoms with Crippen LogP contribution in [0.15, 0.2) is 48.5 Å². The number of carbonyl (C=O) groups excluding carboxylic acids is 1. The topological polar surface area (TPSA) is 61.6 Å². The van der Waals surface area contributed by atoms with Crippen LogP contribution in [0.1, 0.15) is 10.4 Å². The van der Waals surface area contributed by atoms with E-state index in [1.165, 1.54) is 12.1 Å². The maximum absolute atomic E-state index is 13.0. The summed E-state index contributed by atoms with van der Waals surface area (Å²) in [6, 6.07) is 13.6. The molecule has 0 unspecified atom stereocenters. The van der Waals surface area contributed by atoms with E-state index in [1.54, 1.807) is 24.3 Å². The largest absolute Gasteiger partial charge is 0.399 e. The summed E-state index contributed by atoms with van der Waals surface area (Å²) in [7, 11) is 0. The Balaban J connectivity index is 1.40. The van der Waals surface area contributed by atoms with E-state index in [4.69, 9.17) is 5.73 Å². The molecule has 3 rings (SSSR count). The lowest BCUT2D eigenvalue weighted by Crippen LogP contribution is -2.48. The number of piperazine rings is 1. The third kappa shape index (κ3) is 4.70. The van der Waals surface area contributed by atoms with Gasteiger partial charge in [-0.3, -0.25) is 9.69 Å². The fourth-order valence-electron chi connectivity index (χ4n) is 2.99. The molecular weight excluding hydrogens is 319 g/mol. The van der Waals surface area contributed by atoms with Crippen LogP contribution in [0.2, 0.25) is 0 Å². The number of halogens is 1. The van der Waals surface area contributed by atoms with Crippen molar-refractivity contribution in [2.75, 3.05) is 49.9 Å². The predicted octanol–water partition coefficient (Wildman–Crippen LogP) is 1.96. The highest BCUT2D eigenvalue weighted by molar-refractivity contribution is 5.94. The lowest BCUT2D eigenvalue weighted by molar-refractivity contribution is 0.0948. The molecule has 0 atom stereocenters. The Bertz CT molecular complexity index is 712. The second kappa shape index (κ2) is 7.98. The Labute approximate surface area is 147 Å². The number of amides is 1. The molecular formula is C19H23FN4O. The number of hydrogen-bond acceptors (Lipinski definition) is 4. The zero-order valence-corrected chi connectivity index (χ0v) is 14.1. The first-order chi connectivity index (χ1) is 12.1. The molecule has 0 saturated carbocycles. The van der Waals surface area contributed by atoms with Gasteiger partial charge in [0.15, 0.2) is 0 Å². The maximum Gasteiger partial charge on any atom is 0.251 e. The summed E-state index contributed by atoms with van der Waals surface area (Å²) in [5.41, 5.74) is 7.92. The quantitative estimate of drug-likeness (QED) is 0.816. The van der Waals surface area contributed by atoms with E-state index in [9.17, 15) is 9.18 Å². The summed E-state index contributed by atoms with van der Waals surface area (Å²) in [6.45, 7) is 5.05. The van der Waals surface area contributed by atoms with E-state index in [0.29, 0.717) is 17.8 Å². The number of nitrogens with two attached hydrogens (primary N) is 1. The average Bonchev–Trinajstić information content (AvgIpc) is 2.63. The molecule has 1 aliphatic heterocycles. The minimum absolute atomic E-state index is 0.0998. The third-order valence-corrected chi connectivity index (χ3v) is 4.43. The van der Waals surface area contributed by atoms with Gasteiger partial charge in [0.2, 0.25) is 0 Å². The molecule has 1 fully saturated rings. The average molecular weight is 342 g/mol. The zero-order chi connectivity index (χ0) is 17.6. The first-order valence-corrected chi connectivity index (χ1v) is 8.48. The monoisotopic (exact) mass is 342 g/mol. The van der Waals surface area contributed by atoms with E-state index < -0.39 is 0 Å². The van der Waals surface area contributed by atoms with Gasteiger partial charge in [0.05, 0.1) is 0 Å². The summed E-state index contributed by atoms with van der Waals surface area (Å²) in [4.78, 5) is 16.6. The molecule has 5 nitrogen and oxygen atoms in total. The van der Waals surface area contributed by atoms with Crippen molar-refractivity contribution < 1.29 is 9.18 Å². The van der Waals surface area contributed by atoms with Crippen LogP contribution in [0.3, 0.4) is 0 Å². The number of nitrogen functional groups attached to an aromatic ring is 1. The van der Waals surface area contributed by atoms with Crippen molar-refractivity contribution in [2.45, 2.75) is 0 Å². The molecule has 0 aliphatic carbocycles. The fourth-order valence-corrected chi connectivity index (χ4v) is 2.99. The number of nitrogens with zero attached hydrogens (tertiary/aromatic N) is 2. The van der Waals surface area contributed by atoms with Gasteiger partial charge in [0.1, 0.15) is 5.82 Å². The summed E-state index contributed by atoms with van der Waals surface area (Å²) < 4.78 is 13.0. The van der Waals surface area contributed by atoms with Crippen molar-refractivity contribution in [3.8, 4) is 0 Å². The standard InChI is InChI=1S/C19H23FN4O/c20-16-4-6-18(7-5-16)24-12-10-23(11-13-24)9-8-22-19(25)15-2-1-3-17(21)14-15/h1-7,14H,8-13,21H2,(H,22,25). The molecule has 1 saturated heterocycles. The SMILES string of the molecule is Nc1cccc(C(=O)NCCN2CCN(c3ccc(F)cc3)CC2)c1. The Morgan fingerprint density at radius 3 is 2.48 bits per heavy atom. The van der Waals surface area contributed by atoms with Crippen molar-refractivity contribution in [1.29, 1.82) is 0 Å². The molecule has 1 heterocycles. The summed E-state index contributed by atoms with van der Waals surface area (Å²) in [5, 5.41) is 2.93. The second-order valence-corrected chi connectivity index (χ2v) is 6.19. The van der Waals surface area contributed by atoms with Crippen molar-refractivity contribution in [3.63, 3.8) is 0 Å². The molecule has 0 radical (unpaired) electrons. The van der Waals surface area contributed by atoms with Gasteiger partial charge in [-0.2, -0.15) is 0 Å². The van der Waals surface area contributed by atoms with Crippen LogP contribution in [0.4, 0.5) is 15.8 Å². The first-order valence-electron chi connectivity index (χ1n) is 8.48. The highest BCUT2D eigenvalue weighted by atomic mass is 19.1. The van der Waals surface area contributed by atoms with E-state index in [0.717, 1.165) is 38.4 Å². The number of rotatable bonds is 5. The molecule has 2 aromatic carbocycles. The Morgan fingerprint density at radius 2 is 1.80 bits per heavy atom. The highest BCUT2D eigenvalue weighted by Crippen LogP contribution is 2.16. The molecule has 0 bridgehead atoms. The maximum atomic E-state index is 13.0. The van der Waals surface area contributed by atoms with Crippen molar-refractivity contribution in [2.24, 2.45) is 0 Å². The van der Waals surface area contributed by atoms with Crippen LogP contribution in [-0.2, 0) is 0 Å². The minimum Gasteiger partial charge on any atom is -0.399 e. The molecule has 1 aliphatic rings. The van der Waals surface area contributed by atoms with Crippen LogP contribution in [0.25, 0.3) is 0 Å². The lowest BCUT2D eigenvalue weighted by Gasteiger charge is -2.36. The molecule has 6 heteroatoms. The third-order valence-electron chi connectivity index (χ3n) is 4.43. The van der Waals surface area contributed by atoms with Gasteiger partial charge in [0, 0.05) is 56.2 Å². The van der Waals surface area contributed by atoms with Crippen LogP contribution in [-0.4, -0.2) is 50.1 Å². The van der Waals surface area contributed by atoms with Crippen LogP contribution >= 0.6 is 0 Å². The van der Waals surface area contributed by atoms with Crippen molar-refractivity contribution in [3.05, 3.63) is 59.9 Å². The molecule has 2 aromatic rings. The molecule has 0 spiro atoms. The van der Waals surface area contributed by atoms with Crippen molar-refractivity contribution in [1.82, 2.24) is 10.2 Å². The van der Waals surface area contributed by atoms with Crippen LogP contribution in [0, 0.1) is 5.82 Å². The number of anilines is 2. The zero-order valence-electron chi connectivity index (χ0n) is 14.1. The van der Waals surface area contributed by atoms with E-state index in [2.05, 4.69) is 15.1 Å². The normalized spacial score (nSPS) is 15.2. The molecule has 0 aromatic heterocycles. The van der Waals surface area contributed by atoms with E-state index in [1.807, 2.05) is 12.1 Å². The second-order valence-electron chi connectivity index (χ2n) is 6.19. The number of hydrogen-bond donors (Lipinski definition) is 2. The van der Waals surface area contributed by atoms with Crippen molar-refractivity contribution >= 4 is 17.3 Å². The smallest absolute Gasteiger partial charge is 0.251 e. The summed E-state index contributed by atoms with van der Waals surface area (Å²) >= 11 is 0. The van der Waals surface area contributed by atoms with E-state index in [-0.39, 0.29) is 11.7 Å². The number of nitrogens with one attached hydrogen (secondary N) is 1. The summed E-state index contributed by atoms with van der Waals surface area (Å²) in [6.07, 6.45) is 0. The Hall–Kier alpha value is -2.60. The summed E-state index contributed by atoms with van der Waals surface area (Å²) in [5.74, 6) is -0.310.